The first-order valence-electron chi connectivity index (χ1n) is 10.0. The van der Waals surface area contributed by atoms with Gasteiger partial charge in [0.25, 0.3) is 17.5 Å². The molecule has 0 spiro atoms. The first kappa shape index (κ1) is 24.7. The molecule has 2 aromatic carbocycles. The summed E-state index contributed by atoms with van der Waals surface area (Å²) in [5.41, 5.74) is 4.45. The summed E-state index contributed by atoms with van der Waals surface area (Å²) in [7, 11) is 1.37. The van der Waals surface area contributed by atoms with Gasteiger partial charge in [0, 0.05) is 30.2 Å². The molecule has 0 bridgehead atoms. The van der Waals surface area contributed by atoms with Gasteiger partial charge >= 0.3 is 5.97 Å². The second-order valence-corrected chi connectivity index (χ2v) is 7.42. The molecule has 0 unspecified atom stereocenters. The van der Waals surface area contributed by atoms with E-state index in [1.54, 1.807) is 0 Å². The number of halogens is 1. The number of esters is 1. The Morgan fingerprint density at radius 2 is 1.85 bits per heavy atom. The summed E-state index contributed by atoms with van der Waals surface area (Å²) < 4.78 is 15.4. The Labute approximate surface area is 198 Å². The third-order valence-electron chi connectivity index (χ3n) is 4.82. The highest BCUT2D eigenvalue weighted by molar-refractivity contribution is 6.31. The third kappa shape index (κ3) is 6.11. The molecule has 2 aromatic rings. The first-order valence-corrected chi connectivity index (χ1v) is 10.4. The molecular weight excluding hydrogens is 472 g/mol. The van der Waals surface area contributed by atoms with Crippen molar-refractivity contribution in [1.82, 2.24) is 10.9 Å². The van der Waals surface area contributed by atoms with E-state index in [0.717, 1.165) is 6.07 Å². The standard InChI is InChI=1S/C21H21ClN4O8/c1-32-18-5-2-13(22)10-16(18)20(28)24-23-19(27)12-34-21(29)15-11-14(26(30)31)3-4-17(15)25-6-8-33-9-7-25/h2-5,10-11H,6-9,12H2,1H3,(H,23,27)(H,24,28). The summed E-state index contributed by atoms with van der Waals surface area (Å²) in [6.07, 6.45) is 0. The van der Waals surface area contributed by atoms with Crippen LogP contribution in [0.2, 0.25) is 5.02 Å². The number of anilines is 1. The van der Waals surface area contributed by atoms with Crippen LogP contribution in [0, 0.1) is 10.1 Å². The van der Waals surface area contributed by atoms with Gasteiger partial charge in [0.2, 0.25) is 0 Å². The van der Waals surface area contributed by atoms with Gasteiger partial charge in [-0.25, -0.2) is 4.79 Å². The van der Waals surface area contributed by atoms with Crippen LogP contribution in [0.5, 0.6) is 5.75 Å². The second-order valence-electron chi connectivity index (χ2n) is 6.98. The molecule has 1 aliphatic rings. The molecule has 1 aliphatic heterocycles. The van der Waals surface area contributed by atoms with Crippen molar-refractivity contribution in [3.8, 4) is 5.75 Å². The van der Waals surface area contributed by atoms with Crippen LogP contribution in [0.1, 0.15) is 20.7 Å². The number of carbonyl (C=O) groups excluding carboxylic acids is 3. The fraction of sp³-hybridized carbons (Fsp3) is 0.286. The van der Waals surface area contributed by atoms with Crippen molar-refractivity contribution >= 4 is 40.8 Å². The van der Waals surface area contributed by atoms with Crippen LogP contribution >= 0.6 is 11.6 Å². The first-order chi connectivity index (χ1) is 16.3. The predicted octanol–water partition coefficient (Wildman–Crippen LogP) is 1.71. The highest BCUT2D eigenvalue weighted by Gasteiger charge is 2.24. The molecule has 0 radical (unpaired) electrons. The van der Waals surface area contributed by atoms with Crippen molar-refractivity contribution < 1.29 is 33.5 Å². The zero-order valence-electron chi connectivity index (χ0n) is 18.0. The average Bonchev–Trinajstić information content (AvgIpc) is 2.85. The highest BCUT2D eigenvalue weighted by atomic mass is 35.5. The number of morpholine rings is 1. The Hall–Kier alpha value is -3.90. The number of benzene rings is 2. The van der Waals surface area contributed by atoms with E-state index in [-0.39, 0.29) is 22.6 Å². The number of non-ortho nitro benzene ring substituents is 1. The molecule has 2 N–H and O–H groups in total. The van der Waals surface area contributed by atoms with Crippen LogP contribution in [0.15, 0.2) is 36.4 Å². The average molecular weight is 493 g/mol. The van der Waals surface area contributed by atoms with Crippen LogP contribution in [0.3, 0.4) is 0 Å². The van der Waals surface area contributed by atoms with E-state index >= 15 is 0 Å². The summed E-state index contributed by atoms with van der Waals surface area (Å²) in [5, 5.41) is 11.5. The minimum absolute atomic E-state index is 0.0587. The van der Waals surface area contributed by atoms with E-state index in [9.17, 15) is 24.5 Å². The number of nitro groups is 1. The van der Waals surface area contributed by atoms with Gasteiger partial charge in [-0.2, -0.15) is 0 Å². The van der Waals surface area contributed by atoms with Crippen LogP contribution in [0.25, 0.3) is 0 Å². The van der Waals surface area contributed by atoms with Crippen LogP contribution in [-0.4, -0.2) is 62.7 Å². The van der Waals surface area contributed by atoms with Crippen LogP contribution < -0.4 is 20.5 Å². The lowest BCUT2D eigenvalue weighted by atomic mass is 10.1. The molecule has 180 valence electrons. The monoisotopic (exact) mass is 492 g/mol. The normalized spacial score (nSPS) is 13.1. The van der Waals surface area contributed by atoms with Crippen molar-refractivity contribution in [3.63, 3.8) is 0 Å². The van der Waals surface area contributed by atoms with Gasteiger partial charge in [0.15, 0.2) is 6.61 Å². The minimum Gasteiger partial charge on any atom is -0.496 e. The molecule has 1 saturated heterocycles. The van der Waals surface area contributed by atoms with Crippen molar-refractivity contribution in [2.75, 3.05) is 44.9 Å². The number of hydrogen-bond donors (Lipinski definition) is 2. The predicted molar refractivity (Wildman–Crippen MR) is 120 cm³/mol. The number of hydrogen-bond acceptors (Lipinski definition) is 9. The number of hydrazine groups is 1. The Kier molecular flexibility index (Phi) is 8.22. The largest absolute Gasteiger partial charge is 0.496 e. The summed E-state index contributed by atoms with van der Waals surface area (Å²) in [5.74, 6) is -2.22. The Morgan fingerprint density at radius 3 is 2.53 bits per heavy atom. The maximum absolute atomic E-state index is 12.7. The van der Waals surface area contributed by atoms with Gasteiger partial charge in [0.1, 0.15) is 5.75 Å². The van der Waals surface area contributed by atoms with Gasteiger partial charge < -0.3 is 19.1 Å². The Balaban J connectivity index is 1.63. The summed E-state index contributed by atoms with van der Waals surface area (Å²) in [4.78, 5) is 49.4. The van der Waals surface area contributed by atoms with Gasteiger partial charge in [-0.1, -0.05) is 11.6 Å². The zero-order valence-corrected chi connectivity index (χ0v) is 18.8. The van der Waals surface area contributed by atoms with Crippen LogP contribution in [0.4, 0.5) is 11.4 Å². The maximum Gasteiger partial charge on any atom is 0.341 e. The number of amides is 2. The molecule has 34 heavy (non-hydrogen) atoms. The minimum atomic E-state index is -0.928. The van der Waals surface area contributed by atoms with E-state index in [2.05, 4.69) is 10.9 Å². The molecule has 0 aromatic heterocycles. The molecule has 0 atom stereocenters. The van der Waals surface area contributed by atoms with Gasteiger partial charge in [-0.15, -0.1) is 0 Å². The van der Waals surface area contributed by atoms with E-state index in [1.165, 1.54) is 37.4 Å². The number of rotatable bonds is 7. The van der Waals surface area contributed by atoms with E-state index in [4.69, 9.17) is 25.8 Å². The van der Waals surface area contributed by atoms with E-state index < -0.39 is 29.3 Å². The molecule has 3 rings (SSSR count). The van der Waals surface area contributed by atoms with Crippen molar-refractivity contribution in [3.05, 3.63) is 62.7 Å². The fourth-order valence-electron chi connectivity index (χ4n) is 3.18. The smallest absolute Gasteiger partial charge is 0.341 e. The molecule has 2 amide bonds. The molecule has 13 heteroatoms. The number of nitrogens with one attached hydrogen (secondary N) is 2. The summed E-state index contributed by atoms with van der Waals surface area (Å²) in [6, 6.07) is 8.22. The van der Waals surface area contributed by atoms with Crippen molar-refractivity contribution in [2.45, 2.75) is 0 Å². The van der Waals surface area contributed by atoms with Gasteiger partial charge in [-0.3, -0.25) is 30.6 Å². The van der Waals surface area contributed by atoms with E-state index in [0.29, 0.717) is 37.0 Å². The lowest BCUT2D eigenvalue weighted by Crippen LogP contribution is -2.43. The summed E-state index contributed by atoms with van der Waals surface area (Å²) >= 11 is 5.89. The zero-order chi connectivity index (χ0) is 24.7. The molecule has 0 saturated carbocycles. The quantitative estimate of drug-likeness (QED) is 0.334. The maximum atomic E-state index is 12.7. The fourth-order valence-corrected chi connectivity index (χ4v) is 3.35. The highest BCUT2D eigenvalue weighted by Crippen LogP contribution is 2.27. The number of carbonyl (C=O) groups is 3. The van der Waals surface area contributed by atoms with Crippen molar-refractivity contribution in [2.24, 2.45) is 0 Å². The molecule has 1 fully saturated rings. The third-order valence-corrected chi connectivity index (χ3v) is 5.05. The second kappa shape index (κ2) is 11.3. The van der Waals surface area contributed by atoms with Crippen molar-refractivity contribution in [1.29, 1.82) is 0 Å². The molecule has 1 heterocycles. The lowest BCUT2D eigenvalue weighted by molar-refractivity contribution is -0.384. The molecule has 12 nitrogen and oxygen atoms in total. The van der Waals surface area contributed by atoms with E-state index in [1.807, 2.05) is 4.90 Å². The Bertz CT molecular complexity index is 1100. The van der Waals surface area contributed by atoms with Crippen LogP contribution in [-0.2, 0) is 14.3 Å². The molecule has 0 aliphatic carbocycles. The SMILES string of the molecule is COc1ccc(Cl)cc1C(=O)NNC(=O)COC(=O)c1cc([N+](=O)[O-])ccc1N1CCOCC1. The number of nitrogens with zero attached hydrogens (tertiary/aromatic N) is 2. The number of nitro benzene ring substituents is 1. The Morgan fingerprint density at radius 1 is 1.12 bits per heavy atom. The lowest BCUT2D eigenvalue weighted by Gasteiger charge is -2.30. The topological polar surface area (TPSA) is 149 Å². The number of methoxy groups -OCH3 is 1. The van der Waals surface area contributed by atoms with Gasteiger partial charge in [-0.05, 0) is 24.3 Å². The number of ether oxygens (including phenoxy) is 3. The summed E-state index contributed by atoms with van der Waals surface area (Å²) in [6.45, 7) is 1.10. The molecular formula is C21H21ClN4O8. The van der Waals surface area contributed by atoms with Gasteiger partial charge in [0.05, 0.1) is 42.1 Å².